The Morgan fingerprint density at radius 1 is 0.129 bits per heavy atom. The highest BCUT2D eigenvalue weighted by atomic mass is 32.1. The van der Waals surface area contributed by atoms with Crippen LogP contribution in [0.2, 0.25) is 0 Å². The molecule has 9 heteroatoms. The van der Waals surface area contributed by atoms with Crippen LogP contribution in [0, 0.1) is 0 Å². The number of rotatable bonds is 17. The smallest absolute Gasteiger partial charge is 0.143 e. The molecule has 0 aliphatic heterocycles. The Kier molecular flexibility index (Phi) is 22.7. The van der Waals surface area contributed by atoms with E-state index in [1.54, 1.807) is 0 Å². The molecule has 0 spiro atoms. The first-order valence-electron chi connectivity index (χ1n) is 49.7. The van der Waals surface area contributed by atoms with E-state index in [0.717, 1.165) is 106 Å². The van der Waals surface area contributed by atoms with Gasteiger partial charge in [0, 0.05) is 181 Å². The molecule has 6 aromatic heterocycles. The first kappa shape index (κ1) is 87.9. The van der Waals surface area contributed by atoms with Crippen LogP contribution in [-0.2, 0) is 0 Å². The van der Waals surface area contributed by atoms with Crippen molar-refractivity contribution >= 4 is 221 Å². The zero-order valence-electron chi connectivity index (χ0n) is 79.7. The fourth-order valence-corrected chi connectivity index (χ4v) is 26.2. The van der Waals surface area contributed by atoms with Crippen molar-refractivity contribution in [2.24, 2.45) is 0 Å². The van der Waals surface area contributed by atoms with Crippen LogP contribution in [0.25, 0.3) is 214 Å². The predicted molar refractivity (Wildman–Crippen MR) is 633 cm³/mol. The van der Waals surface area contributed by atoms with E-state index < -0.39 is 0 Å². The topological polar surface area (TPSA) is 36.0 Å². The molecule has 147 heavy (non-hydrogen) atoms. The molecule has 0 radical (unpaired) electrons. The predicted octanol–water partition coefficient (Wildman–Crippen LogP) is 42.1. The lowest BCUT2D eigenvalue weighted by Gasteiger charge is -2.26. The van der Waals surface area contributed by atoms with Gasteiger partial charge in [-0.25, -0.2) is 0 Å². The standard InChI is InChI=1S/C54H35NOS.C42H27NOS.C42H27NS2/c1-3-12-36(13-4-1)38-22-28-42(29-23-38)55(43-30-24-39(25-31-43)37-14-5-2-6-15-37)44-32-26-40(27-33-44)41-34-49-46-17-8-10-21-52(46)57-54(49)50(35-41)48-19-11-18-47-45-16-7-9-20-51(45)56-53(47)48;1-3-11-28(12-4-1)29-19-22-32(23-20-29)43(31-13-5-2-6-14-31)33-26-36(42-38(27-33)35-16-8-10-18-41(35)45-42)30-21-24-40-37(25-30)34-15-7-9-17-39(34)44-40;1-3-12-28(13-4-1)29-22-24-31(25-23-29)43(30-14-5-2-6-15-30)32-26-37-34-17-8-10-21-40(34)45-42(37)38(27-32)36-19-11-18-35-33-16-7-9-20-39(33)44-41(35)36/h1-35H;2*1-27H. The van der Waals surface area contributed by atoms with Crippen LogP contribution >= 0.6 is 45.3 Å². The highest BCUT2D eigenvalue weighted by molar-refractivity contribution is 7.28. The molecule has 29 aromatic rings. The molecule has 0 amide bonds. The van der Waals surface area contributed by atoms with Crippen LogP contribution in [0.1, 0.15) is 0 Å². The molecule has 0 atom stereocenters. The van der Waals surface area contributed by atoms with Gasteiger partial charge in [0.1, 0.15) is 22.3 Å². The molecular weight excluding hydrogens is 1860 g/mol. The maximum Gasteiger partial charge on any atom is 0.143 e. The third kappa shape index (κ3) is 16.5. The normalized spacial score (nSPS) is 11.5. The van der Waals surface area contributed by atoms with Gasteiger partial charge in [0.05, 0.1) is 0 Å². The molecule has 23 aromatic carbocycles. The monoisotopic (exact) mass is 1950 g/mol. The largest absolute Gasteiger partial charge is 0.456 e. The van der Waals surface area contributed by atoms with Gasteiger partial charge in [0.15, 0.2) is 0 Å². The summed E-state index contributed by atoms with van der Waals surface area (Å²) in [5.74, 6) is 0. The van der Waals surface area contributed by atoms with E-state index in [0.29, 0.717) is 0 Å². The van der Waals surface area contributed by atoms with Gasteiger partial charge in [-0.15, -0.1) is 45.3 Å². The van der Waals surface area contributed by atoms with E-state index in [2.05, 4.69) is 536 Å². The van der Waals surface area contributed by atoms with E-state index in [4.69, 9.17) is 8.83 Å². The second-order valence-electron chi connectivity index (χ2n) is 37.2. The fraction of sp³-hybridized carbons (Fsp3) is 0. The molecule has 0 saturated carbocycles. The van der Waals surface area contributed by atoms with Crippen molar-refractivity contribution in [1.82, 2.24) is 0 Å². The summed E-state index contributed by atoms with van der Waals surface area (Å²) < 4.78 is 23.2. The van der Waals surface area contributed by atoms with Crippen LogP contribution in [0.4, 0.5) is 51.2 Å². The van der Waals surface area contributed by atoms with Crippen molar-refractivity contribution in [2.45, 2.75) is 0 Å². The summed E-state index contributed by atoms with van der Waals surface area (Å²) in [6.07, 6.45) is 0. The minimum absolute atomic E-state index is 0.910. The lowest BCUT2D eigenvalue weighted by molar-refractivity contribution is 0.669. The molecule has 0 aliphatic carbocycles. The summed E-state index contributed by atoms with van der Waals surface area (Å²) in [5.41, 5.74) is 33.0. The van der Waals surface area contributed by atoms with Crippen LogP contribution < -0.4 is 14.7 Å². The number of para-hydroxylation sites is 5. The first-order valence-corrected chi connectivity index (χ1v) is 53.0. The van der Waals surface area contributed by atoms with Crippen molar-refractivity contribution in [3.63, 3.8) is 0 Å². The van der Waals surface area contributed by atoms with E-state index in [1.165, 1.54) is 159 Å². The van der Waals surface area contributed by atoms with E-state index >= 15 is 0 Å². The zero-order chi connectivity index (χ0) is 97.2. The molecule has 29 rings (SSSR count). The lowest BCUT2D eigenvalue weighted by atomic mass is 9.95. The van der Waals surface area contributed by atoms with E-state index in [9.17, 15) is 0 Å². The van der Waals surface area contributed by atoms with E-state index in [-0.39, 0.29) is 0 Å². The second kappa shape index (κ2) is 38.0. The summed E-state index contributed by atoms with van der Waals surface area (Å²) in [7, 11) is 0. The summed E-state index contributed by atoms with van der Waals surface area (Å²) in [6.45, 7) is 0. The Morgan fingerprint density at radius 3 is 0.816 bits per heavy atom. The molecule has 692 valence electrons. The fourth-order valence-electron chi connectivity index (χ4n) is 21.3. The van der Waals surface area contributed by atoms with Gasteiger partial charge < -0.3 is 23.5 Å². The minimum Gasteiger partial charge on any atom is -0.456 e. The summed E-state index contributed by atoms with van der Waals surface area (Å²) >= 11 is 7.51. The van der Waals surface area contributed by atoms with Gasteiger partial charge in [-0.2, -0.15) is 0 Å². The van der Waals surface area contributed by atoms with Crippen molar-refractivity contribution in [1.29, 1.82) is 0 Å². The third-order valence-corrected chi connectivity index (χ3v) is 33.3. The molecule has 0 N–H and O–H groups in total. The Hall–Kier alpha value is -18.1. The molecule has 0 saturated heterocycles. The van der Waals surface area contributed by atoms with Gasteiger partial charge in [0.2, 0.25) is 0 Å². The van der Waals surface area contributed by atoms with Crippen molar-refractivity contribution in [3.8, 4) is 89.0 Å². The molecule has 0 bridgehead atoms. The van der Waals surface area contributed by atoms with Gasteiger partial charge in [-0.05, 0) is 231 Å². The number of thiophene rings is 4. The first-order chi connectivity index (χ1) is 72.9. The highest BCUT2D eigenvalue weighted by Crippen LogP contribution is 2.54. The Balaban J connectivity index is 0.000000110. The number of benzene rings is 23. The van der Waals surface area contributed by atoms with Crippen LogP contribution in [0.15, 0.2) is 549 Å². The number of nitrogens with zero attached hydrogens (tertiary/aromatic N) is 3. The van der Waals surface area contributed by atoms with E-state index in [1.807, 2.05) is 63.5 Å². The summed E-state index contributed by atoms with van der Waals surface area (Å²) in [4.78, 5) is 7.11. The Labute approximate surface area is 866 Å². The van der Waals surface area contributed by atoms with Crippen LogP contribution in [0.3, 0.4) is 0 Å². The quantitative estimate of drug-likeness (QED) is 0.0908. The van der Waals surface area contributed by atoms with Gasteiger partial charge in [-0.1, -0.05) is 370 Å². The van der Waals surface area contributed by atoms with Crippen LogP contribution in [0.5, 0.6) is 0 Å². The lowest BCUT2D eigenvalue weighted by Crippen LogP contribution is -2.10. The highest BCUT2D eigenvalue weighted by Gasteiger charge is 2.27. The molecule has 6 heterocycles. The maximum atomic E-state index is 6.60. The third-order valence-electron chi connectivity index (χ3n) is 28.4. The number of hydrogen-bond acceptors (Lipinski definition) is 9. The summed E-state index contributed by atoms with van der Waals surface area (Å²) in [6, 6.07) is 194. The number of hydrogen-bond donors (Lipinski definition) is 0. The minimum atomic E-state index is 0.910. The molecule has 5 nitrogen and oxygen atoms in total. The summed E-state index contributed by atoms with van der Waals surface area (Å²) in [5, 5.41) is 14.9. The zero-order valence-corrected chi connectivity index (χ0v) is 82.9. The Morgan fingerprint density at radius 2 is 0.395 bits per heavy atom. The second-order valence-corrected chi connectivity index (χ2v) is 41.4. The average molecular weight is 1950 g/mol. The van der Waals surface area contributed by atoms with Gasteiger partial charge in [0.25, 0.3) is 0 Å². The van der Waals surface area contributed by atoms with Crippen molar-refractivity contribution < 1.29 is 8.83 Å². The number of furan rings is 2. The molecule has 0 aliphatic rings. The average Bonchev–Trinajstić information content (AvgIpc) is 1.56. The maximum absolute atomic E-state index is 6.60. The Bertz CT molecular complexity index is 9860. The van der Waals surface area contributed by atoms with Gasteiger partial charge >= 0.3 is 0 Å². The SMILES string of the molecule is c1ccc(-c2ccc(N(c3ccc(-c4ccccc4)cc3)c3ccc(-c4cc(-c5cccc6c5oc5ccccc56)c5sc6ccccc6c5c4)cc3)cc2)cc1.c1ccc(-c2ccc(N(c3ccccc3)c3cc(-c4ccc5oc6ccccc6c5c4)c4sc5ccccc5c4c3)cc2)cc1.c1ccc(-c2ccc(N(c3ccccc3)c3cc(-c4cccc5c4sc4ccccc45)c4sc5ccccc5c4c3)cc2)cc1. The van der Waals surface area contributed by atoms with Gasteiger partial charge in [-0.3, -0.25) is 0 Å². The van der Waals surface area contributed by atoms with Crippen molar-refractivity contribution in [3.05, 3.63) is 540 Å². The van der Waals surface area contributed by atoms with Crippen LogP contribution in [-0.4, -0.2) is 0 Å². The molecular formula is C138H89N3O2S4. The molecule has 0 unspecified atom stereocenters. The van der Waals surface area contributed by atoms with Crippen molar-refractivity contribution in [2.75, 3.05) is 14.7 Å². The number of fused-ring (bicyclic) bond motifs is 18. The number of anilines is 9. The molecule has 0 fully saturated rings.